The molecule has 1 atom stereocenters. The van der Waals surface area contributed by atoms with Crippen molar-refractivity contribution >= 4 is 16.3 Å². The van der Waals surface area contributed by atoms with Crippen LogP contribution in [0.1, 0.15) is 31.7 Å². The van der Waals surface area contributed by atoms with Crippen LogP contribution in [0.3, 0.4) is 0 Å². The molecule has 1 heterocycles. The average molecular weight is 155 g/mol. The van der Waals surface area contributed by atoms with Gasteiger partial charge in [0, 0.05) is 0 Å². The largest absolute Gasteiger partial charge is 0.391 e. The van der Waals surface area contributed by atoms with E-state index >= 15 is 0 Å². The van der Waals surface area contributed by atoms with Crippen molar-refractivity contribution in [1.29, 1.82) is 0 Å². The molecule has 0 saturated carbocycles. The Hall–Kier alpha value is -0.500. The number of hydrogen-bond acceptors (Lipinski definition) is 2. The normalized spacial score (nSPS) is 13.4. The Morgan fingerprint density at radius 1 is 1.70 bits per heavy atom. The van der Waals surface area contributed by atoms with Crippen LogP contribution in [0.4, 0.5) is 5.00 Å². The second kappa shape index (κ2) is 3.06. The summed E-state index contributed by atoms with van der Waals surface area (Å²) in [6.45, 7) is 4.42. The van der Waals surface area contributed by atoms with E-state index in [2.05, 4.69) is 25.3 Å². The molecule has 0 spiro atoms. The molecule has 0 aliphatic rings. The van der Waals surface area contributed by atoms with Gasteiger partial charge in [0.15, 0.2) is 0 Å². The van der Waals surface area contributed by atoms with Gasteiger partial charge in [-0.1, -0.05) is 13.8 Å². The van der Waals surface area contributed by atoms with Crippen molar-refractivity contribution < 1.29 is 0 Å². The summed E-state index contributed by atoms with van der Waals surface area (Å²) in [5, 5.41) is 3.07. The summed E-state index contributed by atoms with van der Waals surface area (Å²) in [5.74, 6) is 0.661. The third-order valence-electron chi connectivity index (χ3n) is 1.82. The topological polar surface area (TPSA) is 26.0 Å². The molecule has 1 aromatic heterocycles. The van der Waals surface area contributed by atoms with Crippen molar-refractivity contribution in [3.63, 3.8) is 0 Å². The fourth-order valence-electron chi connectivity index (χ4n) is 0.863. The van der Waals surface area contributed by atoms with E-state index in [0.29, 0.717) is 5.92 Å². The lowest BCUT2D eigenvalue weighted by atomic mass is 10.0. The molecule has 0 bridgehead atoms. The van der Waals surface area contributed by atoms with Crippen LogP contribution in [-0.2, 0) is 0 Å². The summed E-state index contributed by atoms with van der Waals surface area (Å²) in [4.78, 5) is 0. The molecular weight excluding hydrogens is 142 g/mol. The van der Waals surface area contributed by atoms with Crippen molar-refractivity contribution in [2.24, 2.45) is 0 Å². The minimum atomic E-state index is 0.661. The maximum absolute atomic E-state index is 5.59. The van der Waals surface area contributed by atoms with E-state index < -0.39 is 0 Å². The standard InChI is InChI=1S/C8H13NS/c1-3-6(2)7-4-8(9)10-5-7/h4-6H,3,9H2,1-2H3. The number of anilines is 1. The number of nitrogen functional groups attached to an aromatic ring is 1. The van der Waals surface area contributed by atoms with Crippen molar-refractivity contribution in [2.75, 3.05) is 5.73 Å². The molecule has 0 aliphatic heterocycles. The number of thiophene rings is 1. The van der Waals surface area contributed by atoms with Crippen LogP contribution in [0.15, 0.2) is 11.4 Å². The van der Waals surface area contributed by atoms with Crippen LogP contribution >= 0.6 is 11.3 Å². The van der Waals surface area contributed by atoms with Crippen molar-refractivity contribution in [2.45, 2.75) is 26.2 Å². The molecule has 56 valence electrons. The summed E-state index contributed by atoms with van der Waals surface area (Å²) in [6.07, 6.45) is 1.19. The highest BCUT2D eigenvalue weighted by atomic mass is 32.1. The van der Waals surface area contributed by atoms with Gasteiger partial charge in [-0.05, 0) is 29.3 Å². The van der Waals surface area contributed by atoms with Gasteiger partial charge in [0.25, 0.3) is 0 Å². The fraction of sp³-hybridized carbons (Fsp3) is 0.500. The average Bonchev–Trinajstić information content (AvgIpc) is 2.34. The number of hydrogen-bond donors (Lipinski definition) is 1. The highest BCUT2D eigenvalue weighted by molar-refractivity contribution is 7.14. The smallest absolute Gasteiger partial charge is 0.0859 e. The predicted octanol–water partition coefficient (Wildman–Crippen LogP) is 2.84. The molecule has 1 nitrogen and oxygen atoms in total. The van der Waals surface area contributed by atoms with Crippen LogP contribution in [0.2, 0.25) is 0 Å². The SMILES string of the molecule is CCC(C)c1csc(N)c1. The Morgan fingerprint density at radius 2 is 2.40 bits per heavy atom. The lowest BCUT2D eigenvalue weighted by Crippen LogP contribution is -1.87. The van der Waals surface area contributed by atoms with Gasteiger partial charge < -0.3 is 5.73 Å². The first-order valence-corrected chi connectivity index (χ1v) is 4.46. The van der Waals surface area contributed by atoms with Crippen LogP contribution in [0, 0.1) is 0 Å². The Labute approximate surface area is 65.9 Å². The van der Waals surface area contributed by atoms with Crippen molar-refractivity contribution in [3.8, 4) is 0 Å². The highest BCUT2D eigenvalue weighted by Crippen LogP contribution is 2.25. The molecular formula is C8H13NS. The third-order valence-corrected chi connectivity index (χ3v) is 2.60. The Balaban J connectivity index is 2.74. The molecule has 0 fully saturated rings. The van der Waals surface area contributed by atoms with E-state index in [0.717, 1.165) is 5.00 Å². The molecule has 0 amide bonds. The quantitative estimate of drug-likeness (QED) is 0.698. The molecule has 2 heteroatoms. The predicted molar refractivity (Wildman–Crippen MR) is 47.4 cm³/mol. The molecule has 0 saturated heterocycles. The van der Waals surface area contributed by atoms with Gasteiger partial charge in [0.1, 0.15) is 0 Å². The fourth-order valence-corrected chi connectivity index (χ4v) is 1.64. The first kappa shape index (κ1) is 7.61. The summed E-state index contributed by atoms with van der Waals surface area (Å²) in [6, 6.07) is 2.07. The number of nitrogens with two attached hydrogens (primary N) is 1. The second-order valence-electron chi connectivity index (χ2n) is 2.59. The van der Waals surface area contributed by atoms with Gasteiger partial charge >= 0.3 is 0 Å². The monoisotopic (exact) mass is 155 g/mol. The van der Waals surface area contributed by atoms with Gasteiger partial charge in [-0.3, -0.25) is 0 Å². The van der Waals surface area contributed by atoms with Gasteiger partial charge in [0.2, 0.25) is 0 Å². The van der Waals surface area contributed by atoms with Crippen LogP contribution in [0.25, 0.3) is 0 Å². The second-order valence-corrected chi connectivity index (χ2v) is 3.53. The summed E-state index contributed by atoms with van der Waals surface area (Å²) in [5.41, 5.74) is 6.97. The Kier molecular flexibility index (Phi) is 2.33. The van der Waals surface area contributed by atoms with Crippen LogP contribution in [-0.4, -0.2) is 0 Å². The molecule has 1 aromatic rings. The highest BCUT2D eigenvalue weighted by Gasteiger charge is 2.03. The zero-order chi connectivity index (χ0) is 7.56. The molecule has 2 N–H and O–H groups in total. The van der Waals surface area contributed by atoms with E-state index in [1.807, 2.05) is 0 Å². The molecule has 0 aromatic carbocycles. The minimum absolute atomic E-state index is 0.661. The maximum atomic E-state index is 5.59. The summed E-state index contributed by atoms with van der Waals surface area (Å²) < 4.78 is 0. The minimum Gasteiger partial charge on any atom is -0.391 e. The summed E-state index contributed by atoms with van der Waals surface area (Å²) in [7, 11) is 0. The Morgan fingerprint density at radius 3 is 2.80 bits per heavy atom. The van der Waals surface area contributed by atoms with E-state index in [1.165, 1.54) is 12.0 Å². The molecule has 1 unspecified atom stereocenters. The van der Waals surface area contributed by atoms with E-state index in [9.17, 15) is 0 Å². The van der Waals surface area contributed by atoms with E-state index in [-0.39, 0.29) is 0 Å². The van der Waals surface area contributed by atoms with Crippen LogP contribution in [0.5, 0.6) is 0 Å². The first-order valence-electron chi connectivity index (χ1n) is 3.58. The lowest BCUT2D eigenvalue weighted by Gasteiger charge is -2.02. The zero-order valence-electron chi connectivity index (χ0n) is 6.42. The summed E-state index contributed by atoms with van der Waals surface area (Å²) >= 11 is 1.63. The zero-order valence-corrected chi connectivity index (χ0v) is 7.24. The van der Waals surface area contributed by atoms with Crippen molar-refractivity contribution in [1.82, 2.24) is 0 Å². The van der Waals surface area contributed by atoms with E-state index in [4.69, 9.17) is 5.73 Å². The molecule has 0 radical (unpaired) electrons. The van der Waals surface area contributed by atoms with Crippen molar-refractivity contribution in [3.05, 3.63) is 17.0 Å². The molecule has 1 rings (SSSR count). The number of rotatable bonds is 2. The maximum Gasteiger partial charge on any atom is 0.0859 e. The van der Waals surface area contributed by atoms with E-state index in [1.54, 1.807) is 11.3 Å². The van der Waals surface area contributed by atoms with Gasteiger partial charge in [-0.25, -0.2) is 0 Å². The first-order chi connectivity index (χ1) is 4.74. The van der Waals surface area contributed by atoms with Crippen LogP contribution < -0.4 is 5.73 Å². The Bertz CT molecular complexity index is 205. The molecule has 0 aliphatic carbocycles. The third kappa shape index (κ3) is 1.51. The van der Waals surface area contributed by atoms with Gasteiger partial charge in [-0.2, -0.15) is 0 Å². The lowest BCUT2D eigenvalue weighted by molar-refractivity contribution is 0.737. The van der Waals surface area contributed by atoms with Gasteiger partial charge in [-0.15, -0.1) is 11.3 Å². The molecule has 10 heavy (non-hydrogen) atoms. The van der Waals surface area contributed by atoms with Gasteiger partial charge in [0.05, 0.1) is 5.00 Å².